The number of carbonyl (C=O) groups excluding carboxylic acids is 1. The summed E-state index contributed by atoms with van der Waals surface area (Å²) in [6.07, 6.45) is 0.788. The summed E-state index contributed by atoms with van der Waals surface area (Å²) in [5.74, 6) is -0.0451. The molecular weight excluding hydrogens is 174 g/mol. The van der Waals surface area contributed by atoms with Crippen molar-refractivity contribution in [3.05, 3.63) is 34.4 Å². The van der Waals surface area contributed by atoms with Crippen LogP contribution in [0.1, 0.15) is 40.9 Å². The van der Waals surface area contributed by atoms with Crippen molar-refractivity contribution in [2.24, 2.45) is 0 Å². The fraction of sp³-hybridized carbons (Fsp3) is 0.333. The number of ketones is 1. The lowest BCUT2D eigenvalue weighted by Gasteiger charge is -2.08. The largest absolute Gasteiger partial charge is 0.294 e. The maximum atomic E-state index is 11.3. The number of rotatable bonds is 2. The molecule has 2 nitrogen and oxygen atoms in total. The Balaban J connectivity index is 3.50. The molecule has 0 aliphatic heterocycles. The van der Waals surface area contributed by atoms with Gasteiger partial charge in [-0.1, -0.05) is 13.0 Å². The average molecular weight is 187 g/mol. The molecule has 72 valence electrons. The zero-order valence-corrected chi connectivity index (χ0v) is 8.72. The number of hydrogen-bond acceptors (Lipinski definition) is 2. The van der Waals surface area contributed by atoms with Crippen molar-refractivity contribution < 1.29 is 4.79 Å². The van der Waals surface area contributed by atoms with Gasteiger partial charge < -0.3 is 0 Å². The summed E-state index contributed by atoms with van der Waals surface area (Å²) >= 11 is 0. The smallest absolute Gasteiger partial charge is 0.161 e. The van der Waals surface area contributed by atoms with Gasteiger partial charge in [-0.15, -0.1) is 0 Å². The first-order valence-electron chi connectivity index (χ1n) is 4.65. The van der Waals surface area contributed by atoms with E-state index in [1.807, 2.05) is 19.9 Å². The van der Waals surface area contributed by atoms with Crippen molar-refractivity contribution >= 4 is 5.78 Å². The van der Waals surface area contributed by atoms with Gasteiger partial charge in [-0.05, 0) is 37.5 Å². The predicted octanol–water partition coefficient (Wildman–Crippen LogP) is 2.63. The van der Waals surface area contributed by atoms with Crippen LogP contribution in [0.2, 0.25) is 0 Å². The molecule has 2 heteroatoms. The van der Waals surface area contributed by atoms with Crippen molar-refractivity contribution in [1.29, 1.82) is 5.26 Å². The molecule has 1 rings (SSSR count). The number of carbonyl (C=O) groups is 1. The molecule has 0 radical (unpaired) electrons. The third-order valence-electron chi connectivity index (χ3n) is 2.39. The van der Waals surface area contributed by atoms with E-state index in [4.69, 9.17) is 5.26 Å². The van der Waals surface area contributed by atoms with Gasteiger partial charge >= 0.3 is 0 Å². The van der Waals surface area contributed by atoms with Crippen LogP contribution in [0.25, 0.3) is 0 Å². The third kappa shape index (κ3) is 1.67. The summed E-state index contributed by atoms with van der Waals surface area (Å²) in [5.41, 5.74) is 3.14. The van der Waals surface area contributed by atoms with Crippen molar-refractivity contribution in [3.8, 4) is 6.07 Å². The number of nitriles is 1. The van der Waals surface area contributed by atoms with Gasteiger partial charge in [0.25, 0.3) is 0 Å². The first-order valence-corrected chi connectivity index (χ1v) is 4.65. The van der Waals surface area contributed by atoms with Gasteiger partial charge in [0.1, 0.15) is 6.07 Å². The standard InChI is InChI=1S/C12H13NO/c1-4-10-8(2)5-6-11(9(3)14)12(10)7-13/h5-6H,4H2,1-3H3. The van der Waals surface area contributed by atoms with Gasteiger partial charge in [-0.25, -0.2) is 0 Å². The number of nitrogens with zero attached hydrogens (tertiary/aromatic N) is 1. The Morgan fingerprint density at radius 3 is 2.57 bits per heavy atom. The highest BCUT2D eigenvalue weighted by Gasteiger charge is 2.12. The van der Waals surface area contributed by atoms with E-state index < -0.39 is 0 Å². The molecule has 1 aromatic carbocycles. The molecule has 0 aromatic heterocycles. The second-order valence-electron chi connectivity index (χ2n) is 3.31. The molecule has 0 aliphatic rings. The van der Waals surface area contributed by atoms with Gasteiger partial charge in [0.15, 0.2) is 5.78 Å². The first kappa shape index (κ1) is 10.5. The summed E-state index contributed by atoms with van der Waals surface area (Å²) in [7, 11) is 0. The van der Waals surface area contributed by atoms with E-state index in [2.05, 4.69) is 6.07 Å². The fourth-order valence-electron chi connectivity index (χ4n) is 1.63. The minimum atomic E-state index is -0.0451. The van der Waals surface area contributed by atoms with Crippen molar-refractivity contribution in [2.45, 2.75) is 27.2 Å². The molecule has 0 N–H and O–H groups in total. The molecule has 14 heavy (non-hydrogen) atoms. The van der Waals surface area contributed by atoms with Crippen LogP contribution >= 0.6 is 0 Å². The Morgan fingerprint density at radius 1 is 1.50 bits per heavy atom. The first-order chi connectivity index (χ1) is 6.61. The van der Waals surface area contributed by atoms with Gasteiger partial charge in [0.05, 0.1) is 5.56 Å². The number of Topliss-reactive ketones (excluding diaryl/α,β-unsaturated/α-hetero) is 1. The topological polar surface area (TPSA) is 40.9 Å². The Morgan fingerprint density at radius 2 is 2.14 bits per heavy atom. The molecule has 0 bridgehead atoms. The highest BCUT2D eigenvalue weighted by molar-refractivity contribution is 5.97. The number of hydrogen-bond donors (Lipinski definition) is 0. The summed E-state index contributed by atoms with van der Waals surface area (Å²) in [6, 6.07) is 5.75. The van der Waals surface area contributed by atoms with Crippen molar-refractivity contribution in [2.75, 3.05) is 0 Å². The van der Waals surface area contributed by atoms with Crippen LogP contribution < -0.4 is 0 Å². The van der Waals surface area contributed by atoms with Crippen molar-refractivity contribution in [1.82, 2.24) is 0 Å². The number of benzene rings is 1. The Hall–Kier alpha value is -1.62. The second-order valence-corrected chi connectivity index (χ2v) is 3.31. The Kier molecular flexibility index (Phi) is 3.03. The highest BCUT2D eigenvalue weighted by atomic mass is 16.1. The van der Waals surface area contributed by atoms with E-state index in [0.29, 0.717) is 11.1 Å². The molecule has 0 spiro atoms. The van der Waals surface area contributed by atoms with E-state index in [0.717, 1.165) is 17.5 Å². The summed E-state index contributed by atoms with van der Waals surface area (Å²) in [4.78, 5) is 11.3. The molecular formula is C12H13NO. The fourth-order valence-corrected chi connectivity index (χ4v) is 1.63. The van der Waals surface area contributed by atoms with Gasteiger partial charge in [-0.2, -0.15) is 5.26 Å². The molecule has 0 unspecified atom stereocenters. The maximum Gasteiger partial charge on any atom is 0.161 e. The molecule has 0 saturated carbocycles. The SMILES string of the molecule is CCc1c(C)ccc(C(C)=O)c1C#N. The average Bonchev–Trinajstić information content (AvgIpc) is 2.16. The van der Waals surface area contributed by atoms with Crippen molar-refractivity contribution in [3.63, 3.8) is 0 Å². The summed E-state index contributed by atoms with van der Waals surface area (Å²) < 4.78 is 0. The molecule has 0 fully saturated rings. The van der Waals surface area contributed by atoms with Crippen LogP contribution in [0, 0.1) is 18.3 Å². The zero-order valence-electron chi connectivity index (χ0n) is 8.72. The Labute approximate surface area is 84.2 Å². The maximum absolute atomic E-state index is 11.3. The predicted molar refractivity (Wildman–Crippen MR) is 55.3 cm³/mol. The van der Waals surface area contributed by atoms with Gasteiger partial charge in [0, 0.05) is 5.56 Å². The quantitative estimate of drug-likeness (QED) is 0.668. The zero-order chi connectivity index (χ0) is 10.7. The van der Waals surface area contributed by atoms with Crippen LogP contribution in [0.3, 0.4) is 0 Å². The number of aryl methyl sites for hydroxylation is 1. The molecule has 0 saturated heterocycles. The second kappa shape index (κ2) is 4.06. The van der Waals surface area contributed by atoms with Gasteiger partial charge in [-0.3, -0.25) is 4.79 Å². The highest BCUT2D eigenvalue weighted by Crippen LogP contribution is 2.19. The molecule has 0 atom stereocenters. The molecule has 0 amide bonds. The normalized spacial score (nSPS) is 9.57. The monoisotopic (exact) mass is 187 g/mol. The summed E-state index contributed by atoms with van der Waals surface area (Å²) in [6.45, 7) is 5.45. The minimum Gasteiger partial charge on any atom is -0.294 e. The lowest BCUT2D eigenvalue weighted by Crippen LogP contribution is -2.02. The molecule has 0 aliphatic carbocycles. The van der Waals surface area contributed by atoms with Crippen LogP contribution in [0.5, 0.6) is 0 Å². The van der Waals surface area contributed by atoms with Crippen LogP contribution in [0.15, 0.2) is 12.1 Å². The van der Waals surface area contributed by atoms with Crippen LogP contribution in [0.4, 0.5) is 0 Å². The van der Waals surface area contributed by atoms with E-state index in [9.17, 15) is 4.79 Å². The Bertz CT molecular complexity index is 413. The van der Waals surface area contributed by atoms with E-state index >= 15 is 0 Å². The van der Waals surface area contributed by atoms with Crippen LogP contribution in [-0.2, 0) is 6.42 Å². The van der Waals surface area contributed by atoms with E-state index in [1.165, 1.54) is 6.92 Å². The van der Waals surface area contributed by atoms with E-state index in [1.54, 1.807) is 6.07 Å². The lowest BCUT2D eigenvalue weighted by atomic mass is 9.94. The minimum absolute atomic E-state index is 0.0451. The van der Waals surface area contributed by atoms with Crippen LogP contribution in [-0.4, -0.2) is 5.78 Å². The lowest BCUT2D eigenvalue weighted by molar-refractivity contribution is 0.101. The van der Waals surface area contributed by atoms with Gasteiger partial charge in [0.2, 0.25) is 0 Å². The van der Waals surface area contributed by atoms with E-state index in [-0.39, 0.29) is 5.78 Å². The molecule has 1 aromatic rings. The molecule has 0 heterocycles. The summed E-state index contributed by atoms with van der Waals surface area (Å²) in [5, 5.41) is 9.00. The third-order valence-corrected chi connectivity index (χ3v) is 2.39.